The van der Waals surface area contributed by atoms with E-state index in [-0.39, 0.29) is 5.82 Å². The number of imidazole rings is 1. The second-order valence-electron chi connectivity index (χ2n) is 3.88. The molecule has 4 heteroatoms. The standard InChI is InChI=1S/C13H10FN3/c1-9-6-7-13-15-12(8-17(13)16-9)10-4-2-3-5-11(10)14/h2-8H,1H3. The lowest BCUT2D eigenvalue weighted by atomic mass is 10.1. The minimum Gasteiger partial charge on any atom is -0.227 e. The van der Waals surface area contributed by atoms with Gasteiger partial charge in [-0.2, -0.15) is 5.10 Å². The number of hydrogen-bond donors (Lipinski definition) is 0. The second kappa shape index (κ2) is 3.66. The molecule has 17 heavy (non-hydrogen) atoms. The molecule has 3 rings (SSSR count). The average Bonchev–Trinajstić information content (AvgIpc) is 2.72. The van der Waals surface area contributed by atoms with E-state index in [4.69, 9.17) is 0 Å². The molecule has 0 spiro atoms. The van der Waals surface area contributed by atoms with Crippen molar-refractivity contribution in [1.29, 1.82) is 0 Å². The highest BCUT2D eigenvalue weighted by molar-refractivity contribution is 5.62. The molecule has 2 aromatic heterocycles. The number of nitrogens with zero attached hydrogens (tertiary/aromatic N) is 3. The van der Waals surface area contributed by atoms with Crippen LogP contribution in [0.15, 0.2) is 42.6 Å². The Morgan fingerprint density at radius 3 is 2.76 bits per heavy atom. The van der Waals surface area contributed by atoms with Gasteiger partial charge in [0.1, 0.15) is 5.82 Å². The van der Waals surface area contributed by atoms with Gasteiger partial charge in [-0.25, -0.2) is 13.9 Å². The highest BCUT2D eigenvalue weighted by Gasteiger charge is 2.08. The fourth-order valence-electron chi connectivity index (χ4n) is 1.78. The summed E-state index contributed by atoms with van der Waals surface area (Å²) >= 11 is 0. The smallest absolute Gasteiger partial charge is 0.154 e. The summed E-state index contributed by atoms with van der Waals surface area (Å²) in [6.07, 6.45) is 1.74. The first-order chi connectivity index (χ1) is 8.24. The molecule has 0 atom stereocenters. The normalized spacial score (nSPS) is 10.9. The van der Waals surface area contributed by atoms with Crippen molar-refractivity contribution in [3.8, 4) is 11.3 Å². The van der Waals surface area contributed by atoms with Crippen LogP contribution in [0.2, 0.25) is 0 Å². The van der Waals surface area contributed by atoms with E-state index >= 15 is 0 Å². The second-order valence-corrected chi connectivity index (χ2v) is 3.88. The summed E-state index contributed by atoms with van der Waals surface area (Å²) in [4.78, 5) is 4.35. The maximum absolute atomic E-state index is 13.6. The Balaban J connectivity index is 2.22. The number of benzene rings is 1. The van der Waals surface area contributed by atoms with Crippen LogP contribution in [0.3, 0.4) is 0 Å². The van der Waals surface area contributed by atoms with Crippen LogP contribution in [-0.2, 0) is 0 Å². The van der Waals surface area contributed by atoms with Gasteiger partial charge in [0, 0.05) is 5.56 Å². The predicted octanol–water partition coefficient (Wildman–Crippen LogP) is 2.84. The molecule has 0 aliphatic rings. The van der Waals surface area contributed by atoms with Gasteiger partial charge in [0.05, 0.1) is 17.6 Å². The van der Waals surface area contributed by atoms with E-state index in [9.17, 15) is 4.39 Å². The van der Waals surface area contributed by atoms with Gasteiger partial charge < -0.3 is 0 Å². The van der Waals surface area contributed by atoms with Gasteiger partial charge >= 0.3 is 0 Å². The van der Waals surface area contributed by atoms with Crippen molar-refractivity contribution in [3.05, 3.63) is 54.1 Å². The third kappa shape index (κ3) is 1.67. The Hall–Kier alpha value is -2.23. The Bertz CT molecular complexity index is 688. The highest BCUT2D eigenvalue weighted by Crippen LogP contribution is 2.21. The molecule has 0 aliphatic heterocycles. The molecular formula is C13H10FN3. The van der Waals surface area contributed by atoms with Crippen LogP contribution in [0.4, 0.5) is 4.39 Å². The van der Waals surface area contributed by atoms with Gasteiger partial charge in [-0.3, -0.25) is 0 Å². The van der Waals surface area contributed by atoms with Gasteiger partial charge in [0.15, 0.2) is 5.65 Å². The first-order valence-electron chi connectivity index (χ1n) is 5.32. The first kappa shape index (κ1) is 9.96. The number of rotatable bonds is 1. The zero-order chi connectivity index (χ0) is 11.8. The lowest BCUT2D eigenvalue weighted by Gasteiger charge is -1.96. The third-order valence-corrected chi connectivity index (χ3v) is 2.60. The molecule has 2 heterocycles. The highest BCUT2D eigenvalue weighted by atomic mass is 19.1. The fourth-order valence-corrected chi connectivity index (χ4v) is 1.78. The van der Waals surface area contributed by atoms with Gasteiger partial charge in [0.2, 0.25) is 0 Å². The van der Waals surface area contributed by atoms with E-state index in [1.165, 1.54) is 6.07 Å². The average molecular weight is 227 g/mol. The van der Waals surface area contributed by atoms with Crippen LogP contribution in [-0.4, -0.2) is 14.6 Å². The monoisotopic (exact) mass is 227 g/mol. The number of aryl methyl sites for hydroxylation is 1. The summed E-state index contributed by atoms with van der Waals surface area (Å²) in [5, 5.41) is 4.28. The van der Waals surface area contributed by atoms with Crippen molar-refractivity contribution >= 4 is 5.65 Å². The molecule has 0 N–H and O–H groups in total. The topological polar surface area (TPSA) is 30.2 Å². The van der Waals surface area contributed by atoms with Gasteiger partial charge in [-0.1, -0.05) is 12.1 Å². The zero-order valence-electron chi connectivity index (χ0n) is 9.26. The van der Waals surface area contributed by atoms with Crippen LogP contribution in [0.5, 0.6) is 0 Å². The van der Waals surface area contributed by atoms with E-state index in [0.29, 0.717) is 16.9 Å². The summed E-state index contributed by atoms with van der Waals surface area (Å²) in [6.45, 7) is 1.90. The van der Waals surface area contributed by atoms with Gasteiger partial charge in [0.25, 0.3) is 0 Å². The largest absolute Gasteiger partial charge is 0.227 e. The Labute approximate surface area is 97.5 Å². The number of hydrogen-bond acceptors (Lipinski definition) is 2. The summed E-state index contributed by atoms with van der Waals surface area (Å²) in [7, 11) is 0. The van der Waals surface area contributed by atoms with Gasteiger partial charge in [-0.05, 0) is 31.2 Å². The van der Waals surface area contributed by atoms with Crippen molar-refractivity contribution in [2.75, 3.05) is 0 Å². The van der Waals surface area contributed by atoms with E-state index in [1.54, 1.807) is 28.9 Å². The molecule has 0 fully saturated rings. The molecule has 0 amide bonds. The number of aromatic nitrogens is 3. The molecule has 84 valence electrons. The molecular weight excluding hydrogens is 217 g/mol. The summed E-state index contributed by atoms with van der Waals surface area (Å²) in [6, 6.07) is 10.3. The SMILES string of the molecule is Cc1ccc2nc(-c3ccccc3F)cn2n1. The molecule has 0 bridgehead atoms. The summed E-state index contributed by atoms with van der Waals surface area (Å²) < 4.78 is 15.3. The molecule has 0 saturated heterocycles. The van der Waals surface area contributed by atoms with Crippen LogP contribution in [0.1, 0.15) is 5.69 Å². The molecule has 0 saturated carbocycles. The molecule has 0 aliphatic carbocycles. The minimum absolute atomic E-state index is 0.271. The summed E-state index contributed by atoms with van der Waals surface area (Å²) in [5.74, 6) is -0.271. The van der Waals surface area contributed by atoms with Crippen molar-refractivity contribution in [1.82, 2.24) is 14.6 Å². The Morgan fingerprint density at radius 2 is 1.94 bits per heavy atom. The third-order valence-electron chi connectivity index (χ3n) is 2.60. The predicted molar refractivity (Wildman–Crippen MR) is 63.1 cm³/mol. The van der Waals surface area contributed by atoms with Crippen LogP contribution >= 0.6 is 0 Å². The van der Waals surface area contributed by atoms with Crippen molar-refractivity contribution < 1.29 is 4.39 Å². The van der Waals surface area contributed by atoms with Crippen LogP contribution in [0.25, 0.3) is 16.9 Å². The van der Waals surface area contributed by atoms with E-state index in [0.717, 1.165) is 5.69 Å². The number of fused-ring (bicyclic) bond motifs is 1. The molecule has 3 aromatic rings. The van der Waals surface area contributed by atoms with E-state index in [2.05, 4.69) is 10.1 Å². The quantitative estimate of drug-likeness (QED) is 0.640. The number of halogens is 1. The molecule has 3 nitrogen and oxygen atoms in total. The van der Waals surface area contributed by atoms with Crippen LogP contribution < -0.4 is 0 Å². The van der Waals surface area contributed by atoms with Crippen molar-refractivity contribution in [2.45, 2.75) is 6.92 Å². The van der Waals surface area contributed by atoms with Crippen molar-refractivity contribution in [3.63, 3.8) is 0 Å². The maximum Gasteiger partial charge on any atom is 0.154 e. The van der Waals surface area contributed by atoms with Crippen molar-refractivity contribution in [2.24, 2.45) is 0 Å². The first-order valence-corrected chi connectivity index (χ1v) is 5.32. The summed E-state index contributed by atoms with van der Waals surface area (Å²) in [5.41, 5.74) is 2.71. The fraction of sp³-hybridized carbons (Fsp3) is 0.0769. The zero-order valence-corrected chi connectivity index (χ0v) is 9.26. The molecule has 0 radical (unpaired) electrons. The lowest BCUT2D eigenvalue weighted by molar-refractivity contribution is 0.631. The lowest BCUT2D eigenvalue weighted by Crippen LogP contribution is -1.91. The van der Waals surface area contributed by atoms with Crippen LogP contribution in [0, 0.1) is 12.7 Å². The molecule has 1 aromatic carbocycles. The Morgan fingerprint density at radius 1 is 1.12 bits per heavy atom. The van der Waals surface area contributed by atoms with E-state index in [1.807, 2.05) is 19.1 Å². The maximum atomic E-state index is 13.6. The minimum atomic E-state index is -0.271. The van der Waals surface area contributed by atoms with E-state index < -0.39 is 0 Å². The Kier molecular flexibility index (Phi) is 2.14. The molecule has 0 unspecified atom stereocenters. The van der Waals surface area contributed by atoms with Gasteiger partial charge in [-0.15, -0.1) is 0 Å².